The van der Waals surface area contributed by atoms with Crippen molar-refractivity contribution in [2.24, 2.45) is 0 Å². The Morgan fingerprint density at radius 3 is 2.80 bits per heavy atom. The van der Waals surface area contributed by atoms with E-state index in [2.05, 4.69) is 14.3 Å². The molecule has 0 N–H and O–H groups in total. The van der Waals surface area contributed by atoms with Gasteiger partial charge in [-0.25, -0.2) is 4.98 Å². The lowest BCUT2D eigenvalue weighted by molar-refractivity contribution is -0.0101. The largest absolute Gasteiger partial charge is 0.377 e. The van der Waals surface area contributed by atoms with E-state index in [0.29, 0.717) is 5.88 Å². The predicted octanol–water partition coefficient (Wildman–Crippen LogP) is 1.76. The number of halogens is 1. The lowest BCUT2D eigenvalue weighted by atomic mass is 9.93. The van der Waals surface area contributed by atoms with Crippen LogP contribution in [0, 0.1) is 0 Å². The zero-order valence-electron chi connectivity index (χ0n) is 8.65. The molecule has 6 heteroatoms. The zero-order chi connectivity index (χ0) is 10.7. The Morgan fingerprint density at radius 1 is 1.60 bits per heavy atom. The molecule has 0 bridgehead atoms. The minimum absolute atomic E-state index is 0.136. The Kier molecular flexibility index (Phi) is 3.43. The fourth-order valence-electron chi connectivity index (χ4n) is 1.80. The Labute approximate surface area is 98.4 Å². The highest BCUT2D eigenvalue weighted by Crippen LogP contribution is 2.29. The zero-order valence-corrected chi connectivity index (χ0v) is 10.2. The fraction of sp³-hybridized carbons (Fsp3) is 0.778. The SMILES string of the molecule is COC1(CCl)CCN(c2ncns2)CC1. The van der Waals surface area contributed by atoms with Crippen LogP contribution in [0.5, 0.6) is 0 Å². The molecule has 0 unspecified atom stereocenters. The third-order valence-corrected chi connectivity index (χ3v) is 4.19. The number of ether oxygens (including phenoxy) is 1. The van der Waals surface area contributed by atoms with Gasteiger partial charge in [-0.1, -0.05) is 0 Å². The van der Waals surface area contributed by atoms with E-state index in [-0.39, 0.29) is 5.60 Å². The summed E-state index contributed by atoms with van der Waals surface area (Å²) < 4.78 is 9.51. The second-order valence-corrected chi connectivity index (χ2v) is 4.76. The third kappa shape index (κ3) is 2.24. The van der Waals surface area contributed by atoms with E-state index in [0.717, 1.165) is 31.1 Å². The molecule has 2 heterocycles. The van der Waals surface area contributed by atoms with Gasteiger partial charge >= 0.3 is 0 Å². The van der Waals surface area contributed by atoms with Gasteiger partial charge in [0.15, 0.2) is 0 Å². The maximum Gasteiger partial charge on any atom is 0.204 e. The van der Waals surface area contributed by atoms with Gasteiger partial charge < -0.3 is 9.64 Å². The number of methoxy groups -OCH3 is 1. The van der Waals surface area contributed by atoms with Crippen LogP contribution in [0.15, 0.2) is 6.33 Å². The van der Waals surface area contributed by atoms with Crippen LogP contribution in [0.2, 0.25) is 0 Å². The second kappa shape index (κ2) is 4.63. The number of anilines is 1. The summed E-state index contributed by atoms with van der Waals surface area (Å²) in [7, 11) is 1.74. The number of piperidine rings is 1. The minimum Gasteiger partial charge on any atom is -0.377 e. The van der Waals surface area contributed by atoms with Gasteiger partial charge in [-0.3, -0.25) is 0 Å². The predicted molar refractivity (Wildman–Crippen MR) is 61.8 cm³/mol. The molecule has 0 atom stereocenters. The van der Waals surface area contributed by atoms with E-state index in [1.807, 2.05) is 0 Å². The second-order valence-electron chi connectivity index (χ2n) is 3.73. The van der Waals surface area contributed by atoms with E-state index >= 15 is 0 Å². The van der Waals surface area contributed by atoms with Gasteiger partial charge in [-0.15, -0.1) is 11.6 Å². The topological polar surface area (TPSA) is 38.2 Å². The van der Waals surface area contributed by atoms with Gasteiger partial charge in [0.05, 0.1) is 11.5 Å². The molecule has 1 fully saturated rings. The lowest BCUT2D eigenvalue weighted by Gasteiger charge is -2.39. The molecular weight excluding hydrogens is 234 g/mol. The summed E-state index contributed by atoms with van der Waals surface area (Å²) in [6.07, 6.45) is 3.50. The van der Waals surface area contributed by atoms with Crippen LogP contribution in [-0.4, -0.2) is 41.0 Å². The van der Waals surface area contributed by atoms with Crippen molar-refractivity contribution in [3.05, 3.63) is 6.33 Å². The van der Waals surface area contributed by atoms with Gasteiger partial charge in [0, 0.05) is 31.7 Å². The van der Waals surface area contributed by atoms with Crippen molar-refractivity contribution in [3.63, 3.8) is 0 Å². The number of aromatic nitrogens is 2. The number of rotatable bonds is 3. The standard InChI is InChI=1S/C9H14ClN3OS/c1-14-9(6-10)2-4-13(5-3-9)8-11-7-12-15-8/h7H,2-6H2,1H3. The summed E-state index contributed by atoms with van der Waals surface area (Å²) in [4.78, 5) is 6.44. The molecule has 0 amide bonds. The average molecular weight is 248 g/mol. The van der Waals surface area contributed by atoms with E-state index < -0.39 is 0 Å². The Balaban J connectivity index is 1.97. The maximum absolute atomic E-state index is 5.94. The third-order valence-electron chi connectivity index (χ3n) is 2.97. The molecule has 4 nitrogen and oxygen atoms in total. The van der Waals surface area contributed by atoms with Crippen LogP contribution < -0.4 is 4.90 Å². The molecule has 0 aromatic carbocycles. The van der Waals surface area contributed by atoms with Crippen LogP contribution in [0.4, 0.5) is 5.13 Å². The summed E-state index contributed by atoms with van der Waals surface area (Å²) in [6, 6.07) is 0. The summed E-state index contributed by atoms with van der Waals surface area (Å²) in [5, 5.41) is 0.995. The number of hydrogen-bond donors (Lipinski definition) is 0. The van der Waals surface area contributed by atoms with Crippen molar-refractivity contribution in [1.29, 1.82) is 0 Å². The average Bonchev–Trinajstić information content (AvgIpc) is 2.83. The van der Waals surface area contributed by atoms with Gasteiger partial charge in [0.2, 0.25) is 5.13 Å². The van der Waals surface area contributed by atoms with E-state index in [1.165, 1.54) is 11.5 Å². The smallest absolute Gasteiger partial charge is 0.204 e. The van der Waals surface area contributed by atoms with Crippen molar-refractivity contribution >= 4 is 28.3 Å². The van der Waals surface area contributed by atoms with Gasteiger partial charge in [0.1, 0.15) is 6.33 Å². The summed E-state index contributed by atoms with van der Waals surface area (Å²) in [5.41, 5.74) is -0.136. The highest BCUT2D eigenvalue weighted by atomic mass is 35.5. The van der Waals surface area contributed by atoms with Crippen molar-refractivity contribution in [2.75, 3.05) is 31.0 Å². The Morgan fingerprint density at radius 2 is 2.33 bits per heavy atom. The number of alkyl halides is 1. The molecule has 0 spiro atoms. The van der Waals surface area contributed by atoms with Gasteiger partial charge in [-0.2, -0.15) is 4.37 Å². The van der Waals surface area contributed by atoms with Crippen LogP contribution >= 0.6 is 23.1 Å². The maximum atomic E-state index is 5.94. The highest BCUT2D eigenvalue weighted by molar-refractivity contribution is 7.09. The first-order chi connectivity index (χ1) is 7.29. The summed E-state index contributed by atoms with van der Waals surface area (Å²) >= 11 is 7.38. The quantitative estimate of drug-likeness (QED) is 0.763. The molecule has 84 valence electrons. The van der Waals surface area contributed by atoms with Crippen LogP contribution in [0.25, 0.3) is 0 Å². The van der Waals surface area contributed by atoms with E-state index in [9.17, 15) is 0 Å². The molecule has 0 radical (unpaired) electrons. The van der Waals surface area contributed by atoms with Crippen LogP contribution in [0.3, 0.4) is 0 Å². The first-order valence-corrected chi connectivity index (χ1v) is 6.23. The molecule has 15 heavy (non-hydrogen) atoms. The summed E-state index contributed by atoms with van der Waals surface area (Å²) in [5.74, 6) is 0.563. The summed E-state index contributed by atoms with van der Waals surface area (Å²) in [6.45, 7) is 1.88. The van der Waals surface area contributed by atoms with Crippen molar-refractivity contribution in [1.82, 2.24) is 9.36 Å². The highest BCUT2D eigenvalue weighted by Gasteiger charge is 2.34. The monoisotopic (exact) mass is 247 g/mol. The van der Waals surface area contributed by atoms with Crippen molar-refractivity contribution in [3.8, 4) is 0 Å². The molecule has 2 rings (SSSR count). The lowest BCUT2D eigenvalue weighted by Crippen LogP contribution is -2.46. The molecular formula is C9H14ClN3OS. The first kappa shape index (κ1) is 11.1. The molecule has 1 saturated heterocycles. The van der Waals surface area contributed by atoms with E-state index in [4.69, 9.17) is 16.3 Å². The molecule has 0 aliphatic carbocycles. The fourth-order valence-corrected chi connectivity index (χ4v) is 2.76. The number of nitrogens with zero attached hydrogens (tertiary/aromatic N) is 3. The normalized spacial score (nSPS) is 20.5. The van der Waals surface area contributed by atoms with Crippen LogP contribution in [-0.2, 0) is 4.74 Å². The number of hydrogen-bond acceptors (Lipinski definition) is 5. The minimum atomic E-state index is -0.136. The first-order valence-electron chi connectivity index (χ1n) is 4.92. The van der Waals surface area contributed by atoms with Crippen molar-refractivity contribution in [2.45, 2.75) is 18.4 Å². The molecule has 1 aromatic heterocycles. The van der Waals surface area contributed by atoms with Crippen LogP contribution in [0.1, 0.15) is 12.8 Å². The van der Waals surface area contributed by atoms with Gasteiger partial charge in [0.25, 0.3) is 0 Å². The van der Waals surface area contributed by atoms with Crippen molar-refractivity contribution < 1.29 is 4.74 Å². The molecule has 1 aromatic rings. The molecule has 0 saturated carbocycles. The Hall–Kier alpha value is -0.390. The Bertz CT molecular complexity index is 292. The molecule has 1 aliphatic heterocycles. The molecule has 1 aliphatic rings. The van der Waals surface area contributed by atoms with E-state index in [1.54, 1.807) is 13.4 Å². The van der Waals surface area contributed by atoms with Gasteiger partial charge in [-0.05, 0) is 12.8 Å².